The van der Waals surface area contributed by atoms with Gasteiger partial charge in [0.1, 0.15) is 16.0 Å². The second kappa shape index (κ2) is 8.30. The van der Waals surface area contributed by atoms with Crippen LogP contribution in [-0.4, -0.2) is 33.3 Å². The molecule has 6 nitrogen and oxygen atoms in total. The molecule has 3 aromatic rings. The van der Waals surface area contributed by atoms with Crippen LogP contribution in [0.15, 0.2) is 36.7 Å². The van der Waals surface area contributed by atoms with Crippen molar-refractivity contribution in [1.29, 1.82) is 0 Å². The Morgan fingerprint density at radius 2 is 2.19 bits per heavy atom. The second-order valence-corrected chi connectivity index (χ2v) is 7.12. The third kappa shape index (κ3) is 4.51. The highest BCUT2D eigenvalue weighted by Gasteiger charge is 2.19. The van der Waals surface area contributed by atoms with E-state index in [9.17, 15) is 9.18 Å². The highest BCUT2D eigenvalue weighted by molar-refractivity contribution is 7.17. The molecule has 1 aromatic carbocycles. The lowest BCUT2D eigenvalue weighted by molar-refractivity contribution is 0.0927. The van der Waals surface area contributed by atoms with Gasteiger partial charge >= 0.3 is 0 Å². The van der Waals surface area contributed by atoms with E-state index in [1.165, 1.54) is 17.4 Å². The van der Waals surface area contributed by atoms with Gasteiger partial charge in [-0.3, -0.25) is 9.48 Å². The second-order valence-electron chi connectivity index (χ2n) is 6.12. The molecule has 0 bridgehead atoms. The summed E-state index contributed by atoms with van der Waals surface area (Å²) < 4.78 is 21.1. The number of hydrogen-bond donors (Lipinski definition) is 1. The Kier molecular flexibility index (Phi) is 5.85. The average molecular weight is 388 g/mol. The number of aromatic nitrogens is 3. The van der Waals surface area contributed by atoms with Gasteiger partial charge in [0.15, 0.2) is 11.6 Å². The van der Waals surface area contributed by atoms with Crippen LogP contribution in [0, 0.1) is 12.7 Å². The van der Waals surface area contributed by atoms with E-state index >= 15 is 0 Å². The molecule has 0 aliphatic rings. The van der Waals surface area contributed by atoms with Gasteiger partial charge in [-0.2, -0.15) is 5.10 Å². The predicted molar refractivity (Wildman–Crippen MR) is 102 cm³/mol. The fourth-order valence-electron chi connectivity index (χ4n) is 2.54. The molecule has 142 valence electrons. The highest BCUT2D eigenvalue weighted by atomic mass is 32.1. The Balaban J connectivity index is 1.64. The summed E-state index contributed by atoms with van der Waals surface area (Å²) in [4.78, 5) is 17.6. The SMILES string of the molecule is CCC(CNC(=O)c1sc(-c2cnn(C)c2)nc1C)Oc1ccccc1F. The molecule has 0 saturated heterocycles. The van der Waals surface area contributed by atoms with Crippen molar-refractivity contribution in [2.75, 3.05) is 6.54 Å². The summed E-state index contributed by atoms with van der Waals surface area (Å²) in [7, 11) is 1.83. The van der Waals surface area contributed by atoms with Crippen LogP contribution in [0.2, 0.25) is 0 Å². The monoisotopic (exact) mass is 388 g/mol. The van der Waals surface area contributed by atoms with Gasteiger partial charge in [0.2, 0.25) is 0 Å². The van der Waals surface area contributed by atoms with Gasteiger partial charge < -0.3 is 10.1 Å². The molecule has 3 rings (SSSR count). The molecule has 0 aliphatic heterocycles. The van der Waals surface area contributed by atoms with E-state index < -0.39 is 5.82 Å². The number of carbonyl (C=O) groups excluding carboxylic acids is 1. The number of para-hydroxylation sites is 1. The molecule has 27 heavy (non-hydrogen) atoms. The summed E-state index contributed by atoms with van der Waals surface area (Å²) >= 11 is 1.32. The first kappa shape index (κ1) is 19.0. The van der Waals surface area contributed by atoms with Crippen LogP contribution >= 0.6 is 11.3 Å². The minimum Gasteiger partial charge on any atom is -0.486 e. The Morgan fingerprint density at radius 3 is 2.85 bits per heavy atom. The van der Waals surface area contributed by atoms with E-state index in [1.54, 1.807) is 36.0 Å². The molecule has 0 saturated carbocycles. The number of thiazole rings is 1. The number of ether oxygens (including phenoxy) is 1. The summed E-state index contributed by atoms with van der Waals surface area (Å²) in [5.74, 6) is -0.441. The molecule has 0 aliphatic carbocycles. The maximum Gasteiger partial charge on any atom is 0.263 e. The first-order valence-corrected chi connectivity index (χ1v) is 9.45. The Labute approximate surface area is 161 Å². The summed E-state index contributed by atoms with van der Waals surface area (Å²) in [5.41, 5.74) is 1.54. The van der Waals surface area contributed by atoms with Crippen molar-refractivity contribution in [3.05, 3.63) is 53.0 Å². The molecule has 1 amide bonds. The molecule has 0 spiro atoms. The van der Waals surface area contributed by atoms with Gasteiger partial charge in [-0.25, -0.2) is 9.37 Å². The fraction of sp³-hybridized carbons (Fsp3) is 0.316. The standard InChI is InChI=1S/C19H21FN4O2S/c1-4-14(26-16-8-6-5-7-15(16)20)10-21-18(25)17-12(2)23-19(27-17)13-9-22-24(3)11-13/h5-9,11,14H,4,10H2,1-3H3,(H,21,25). The number of nitrogens with zero attached hydrogens (tertiary/aromatic N) is 3. The number of halogens is 1. The molecule has 1 N–H and O–H groups in total. The van der Waals surface area contributed by atoms with Crippen molar-refractivity contribution < 1.29 is 13.9 Å². The minimum atomic E-state index is -0.415. The summed E-state index contributed by atoms with van der Waals surface area (Å²) in [6, 6.07) is 6.25. The van der Waals surface area contributed by atoms with Gasteiger partial charge in [-0.15, -0.1) is 11.3 Å². The Morgan fingerprint density at radius 1 is 1.41 bits per heavy atom. The molecular formula is C19H21FN4O2S. The van der Waals surface area contributed by atoms with Gasteiger partial charge in [-0.05, 0) is 25.5 Å². The third-order valence-electron chi connectivity index (χ3n) is 4.03. The first-order valence-electron chi connectivity index (χ1n) is 8.63. The topological polar surface area (TPSA) is 69.0 Å². The van der Waals surface area contributed by atoms with Crippen LogP contribution < -0.4 is 10.1 Å². The molecule has 1 atom stereocenters. The lowest BCUT2D eigenvalue weighted by atomic mass is 10.2. The Hall–Kier alpha value is -2.74. The van der Waals surface area contributed by atoms with E-state index in [0.717, 1.165) is 10.6 Å². The maximum atomic E-state index is 13.7. The number of amides is 1. The number of carbonyl (C=O) groups is 1. The van der Waals surface area contributed by atoms with Gasteiger partial charge in [-0.1, -0.05) is 19.1 Å². The van der Waals surface area contributed by atoms with Crippen LogP contribution in [0.5, 0.6) is 5.75 Å². The molecule has 0 fully saturated rings. The molecule has 8 heteroatoms. The van der Waals surface area contributed by atoms with Gasteiger partial charge in [0.25, 0.3) is 5.91 Å². The Bertz CT molecular complexity index is 937. The van der Waals surface area contributed by atoms with Crippen molar-refractivity contribution in [3.8, 4) is 16.3 Å². The number of hydrogen-bond acceptors (Lipinski definition) is 5. The first-order chi connectivity index (χ1) is 13.0. The lowest BCUT2D eigenvalue weighted by Gasteiger charge is -2.18. The number of nitrogens with one attached hydrogen (secondary N) is 1. The smallest absolute Gasteiger partial charge is 0.263 e. The summed E-state index contributed by atoms with van der Waals surface area (Å²) in [6.45, 7) is 4.01. The molecule has 1 unspecified atom stereocenters. The van der Waals surface area contributed by atoms with Crippen molar-refractivity contribution in [1.82, 2.24) is 20.1 Å². The number of aryl methyl sites for hydroxylation is 2. The maximum absolute atomic E-state index is 13.7. The predicted octanol–water partition coefficient (Wildman–Crippen LogP) is 3.58. The van der Waals surface area contributed by atoms with Crippen LogP contribution in [0.3, 0.4) is 0 Å². The highest BCUT2D eigenvalue weighted by Crippen LogP contribution is 2.27. The van der Waals surface area contributed by atoms with E-state index in [4.69, 9.17) is 4.74 Å². The van der Waals surface area contributed by atoms with Crippen molar-refractivity contribution >= 4 is 17.2 Å². The number of benzene rings is 1. The van der Waals surface area contributed by atoms with Crippen LogP contribution in [0.25, 0.3) is 10.6 Å². The van der Waals surface area contributed by atoms with E-state index in [2.05, 4.69) is 15.4 Å². The third-order valence-corrected chi connectivity index (χ3v) is 5.24. The molecule has 0 radical (unpaired) electrons. The van der Waals surface area contributed by atoms with Crippen molar-refractivity contribution in [2.24, 2.45) is 7.05 Å². The minimum absolute atomic E-state index is 0.187. The summed E-state index contributed by atoms with van der Waals surface area (Å²) in [6.07, 6.45) is 3.89. The zero-order valence-corrected chi connectivity index (χ0v) is 16.2. The quantitative estimate of drug-likeness (QED) is 0.672. The van der Waals surface area contributed by atoms with Gasteiger partial charge in [0.05, 0.1) is 18.4 Å². The van der Waals surface area contributed by atoms with E-state index in [-0.39, 0.29) is 24.3 Å². The van der Waals surface area contributed by atoms with Gasteiger partial charge in [0, 0.05) is 18.8 Å². The molecule has 2 aromatic heterocycles. The average Bonchev–Trinajstić information content (AvgIpc) is 3.25. The van der Waals surface area contributed by atoms with E-state index in [0.29, 0.717) is 17.0 Å². The lowest BCUT2D eigenvalue weighted by Crippen LogP contribution is -2.35. The van der Waals surface area contributed by atoms with Crippen LogP contribution in [0.1, 0.15) is 28.7 Å². The van der Waals surface area contributed by atoms with Crippen molar-refractivity contribution in [2.45, 2.75) is 26.4 Å². The molecular weight excluding hydrogens is 367 g/mol. The van der Waals surface area contributed by atoms with Crippen molar-refractivity contribution in [3.63, 3.8) is 0 Å². The zero-order valence-electron chi connectivity index (χ0n) is 15.4. The van der Waals surface area contributed by atoms with Crippen LogP contribution in [0.4, 0.5) is 4.39 Å². The zero-order chi connectivity index (χ0) is 19.4. The summed E-state index contributed by atoms with van der Waals surface area (Å²) in [5, 5.41) is 7.74. The van der Waals surface area contributed by atoms with Crippen LogP contribution in [-0.2, 0) is 7.05 Å². The largest absolute Gasteiger partial charge is 0.486 e. The number of rotatable bonds is 7. The molecule has 2 heterocycles. The normalized spacial score (nSPS) is 12.0. The van der Waals surface area contributed by atoms with E-state index in [1.807, 2.05) is 20.2 Å². The fourth-order valence-corrected chi connectivity index (χ4v) is 3.50.